The number of benzene rings is 3. The largest absolute Gasteiger partial charge is 0.454 e. The Morgan fingerprint density at radius 3 is 2.17 bits per heavy atom. The van der Waals surface area contributed by atoms with E-state index in [4.69, 9.17) is 4.74 Å². The summed E-state index contributed by atoms with van der Waals surface area (Å²) in [7, 11) is -1.87. The lowest BCUT2D eigenvalue weighted by Crippen LogP contribution is -2.41. The summed E-state index contributed by atoms with van der Waals surface area (Å²) in [4.78, 5) is 0. The van der Waals surface area contributed by atoms with Crippen molar-refractivity contribution in [2.75, 3.05) is 0 Å². The summed E-state index contributed by atoms with van der Waals surface area (Å²) in [6.45, 7) is 4.31. The SMILES string of the molecule is C[Si](C)(CCCc1ccc(F)c(Oc2ccccc2)c1)c1ccc(C(F)(F)F)cc1. The van der Waals surface area contributed by atoms with Gasteiger partial charge in [-0.2, -0.15) is 13.2 Å². The third-order valence-corrected chi connectivity index (χ3v) is 8.73. The van der Waals surface area contributed by atoms with Crippen molar-refractivity contribution in [1.82, 2.24) is 0 Å². The number of halogens is 4. The smallest absolute Gasteiger partial charge is 0.416 e. The average molecular weight is 433 g/mol. The van der Waals surface area contributed by atoms with Crippen molar-refractivity contribution in [3.05, 3.63) is 89.7 Å². The first-order valence-corrected chi connectivity index (χ1v) is 13.0. The Bertz CT molecular complexity index is 967. The van der Waals surface area contributed by atoms with E-state index in [0.29, 0.717) is 5.75 Å². The molecule has 0 aromatic heterocycles. The Morgan fingerprint density at radius 2 is 1.53 bits per heavy atom. The zero-order valence-corrected chi connectivity index (χ0v) is 18.0. The fourth-order valence-corrected chi connectivity index (χ4v) is 5.80. The van der Waals surface area contributed by atoms with Gasteiger partial charge in [-0.15, -0.1) is 0 Å². The molecule has 0 spiro atoms. The lowest BCUT2D eigenvalue weighted by Gasteiger charge is -2.23. The second-order valence-corrected chi connectivity index (χ2v) is 12.8. The van der Waals surface area contributed by atoms with E-state index in [1.165, 1.54) is 6.07 Å². The van der Waals surface area contributed by atoms with Crippen LogP contribution in [0.2, 0.25) is 19.1 Å². The predicted octanol–water partition coefficient (Wildman–Crippen LogP) is 7.19. The number of ether oxygens (including phenoxy) is 1. The molecule has 0 aliphatic carbocycles. The van der Waals surface area contributed by atoms with E-state index in [9.17, 15) is 17.6 Å². The van der Waals surface area contributed by atoms with Crippen molar-refractivity contribution < 1.29 is 22.3 Å². The third kappa shape index (κ3) is 5.72. The average Bonchev–Trinajstić information content (AvgIpc) is 2.70. The van der Waals surface area contributed by atoms with Crippen molar-refractivity contribution in [3.63, 3.8) is 0 Å². The lowest BCUT2D eigenvalue weighted by molar-refractivity contribution is -0.137. The summed E-state index contributed by atoms with van der Waals surface area (Å²) >= 11 is 0. The molecule has 0 saturated carbocycles. The summed E-state index contributed by atoms with van der Waals surface area (Å²) < 4.78 is 58.1. The minimum atomic E-state index is -4.31. The van der Waals surface area contributed by atoms with Gasteiger partial charge in [0.25, 0.3) is 0 Å². The first kappa shape index (κ1) is 22.1. The van der Waals surface area contributed by atoms with Gasteiger partial charge in [-0.3, -0.25) is 0 Å². The number of alkyl halides is 3. The molecule has 3 rings (SSSR count). The van der Waals surface area contributed by atoms with Gasteiger partial charge in [0.15, 0.2) is 11.6 Å². The summed E-state index contributed by atoms with van der Waals surface area (Å²) in [5.74, 6) is 0.351. The first-order valence-electron chi connectivity index (χ1n) is 9.84. The molecule has 0 aliphatic rings. The van der Waals surface area contributed by atoms with E-state index in [1.807, 2.05) is 18.2 Å². The van der Waals surface area contributed by atoms with Crippen LogP contribution in [-0.2, 0) is 12.6 Å². The van der Waals surface area contributed by atoms with E-state index < -0.39 is 25.6 Å². The minimum Gasteiger partial charge on any atom is -0.454 e. The molecule has 0 aliphatic heterocycles. The molecule has 0 amide bonds. The molecule has 30 heavy (non-hydrogen) atoms. The van der Waals surface area contributed by atoms with Crippen molar-refractivity contribution in [2.45, 2.75) is 38.2 Å². The molecule has 0 atom stereocenters. The van der Waals surface area contributed by atoms with Crippen LogP contribution >= 0.6 is 0 Å². The molecule has 3 aromatic rings. The van der Waals surface area contributed by atoms with E-state index in [-0.39, 0.29) is 5.75 Å². The van der Waals surface area contributed by atoms with Crippen LogP contribution in [0.3, 0.4) is 0 Å². The van der Waals surface area contributed by atoms with E-state index >= 15 is 0 Å². The maximum atomic E-state index is 14.1. The third-order valence-electron chi connectivity index (χ3n) is 5.23. The molecule has 0 saturated heterocycles. The molecule has 6 heteroatoms. The van der Waals surface area contributed by atoms with Gasteiger partial charge < -0.3 is 4.74 Å². The van der Waals surface area contributed by atoms with Gasteiger partial charge in [-0.05, 0) is 36.2 Å². The molecular formula is C24H24F4OSi. The standard InChI is InChI=1S/C24H24F4OSi/c1-30(2,21-13-11-19(12-14-21)24(26,27)28)16-6-7-18-10-15-22(25)23(17-18)29-20-8-4-3-5-9-20/h3-5,8-15,17H,6-7,16H2,1-2H3. The van der Waals surface area contributed by atoms with Crippen LogP contribution in [0.5, 0.6) is 11.5 Å². The topological polar surface area (TPSA) is 9.23 Å². The number of aryl methyl sites for hydroxylation is 1. The van der Waals surface area contributed by atoms with Crippen LogP contribution in [0.4, 0.5) is 17.6 Å². The highest BCUT2D eigenvalue weighted by molar-refractivity contribution is 6.89. The molecular weight excluding hydrogens is 408 g/mol. The molecule has 3 aromatic carbocycles. The molecule has 1 nitrogen and oxygen atoms in total. The van der Waals surface area contributed by atoms with Crippen LogP contribution in [-0.4, -0.2) is 8.07 Å². The Hall–Kier alpha value is -2.60. The normalized spacial score (nSPS) is 12.1. The van der Waals surface area contributed by atoms with Crippen molar-refractivity contribution in [2.24, 2.45) is 0 Å². The number of para-hydroxylation sites is 1. The van der Waals surface area contributed by atoms with Gasteiger partial charge in [0.2, 0.25) is 0 Å². The van der Waals surface area contributed by atoms with Gasteiger partial charge in [0.1, 0.15) is 5.75 Å². The molecule has 0 heterocycles. The van der Waals surface area contributed by atoms with Gasteiger partial charge in [-0.1, -0.05) is 79.3 Å². The van der Waals surface area contributed by atoms with Crippen molar-refractivity contribution in [1.29, 1.82) is 0 Å². The van der Waals surface area contributed by atoms with Crippen molar-refractivity contribution >= 4 is 13.3 Å². The molecule has 0 fully saturated rings. The monoisotopic (exact) mass is 432 g/mol. The Kier molecular flexibility index (Phi) is 6.66. The molecule has 158 valence electrons. The van der Waals surface area contributed by atoms with Crippen molar-refractivity contribution in [3.8, 4) is 11.5 Å². The van der Waals surface area contributed by atoms with Crippen LogP contribution < -0.4 is 9.92 Å². The van der Waals surface area contributed by atoms with E-state index in [1.54, 1.807) is 36.4 Å². The number of rotatable bonds is 7. The second-order valence-electron chi connectivity index (χ2n) is 7.99. The Morgan fingerprint density at radius 1 is 0.867 bits per heavy atom. The summed E-state index contributed by atoms with van der Waals surface area (Å²) in [5, 5.41) is 1.00. The van der Waals surface area contributed by atoms with Crippen LogP contribution in [0.15, 0.2) is 72.8 Å². The maximum absolute atomic E-state index is 14.1. The Labute approximate surface area is 175 Å². The molecule has 0 bridgehead atoms. The second kappa shape index (κ2) is 9.04. The first-order chi connectivity index (χ1) is 14.1. The molecule has 0 unspecified atom stereocenters. The zero-order valence-electron chi connectivity index (χ0n) is 17.0. The van der Waals surface area contributed by atoms with Crippen LogP contribution in [0, 0.1) is 5.82 Å². The number of hydrogen-bond acceptors (Lipinski definition) is 1. The molecule has 0 N–H and O–H groups in total. The fraction of sp³-hybridized carbons (Fsp3) is 0.250. The van der Waals surface area contributed by atoms with Crippen LogP contribution in [0.1, 0.15) is 17.5 Å². The van der Waals surface area contributed by atoms with E-state index in [2.05, 4.69) is 13.1 Å². The lowest BCUT2D eigenvalue weighted by atomic mass is 10.1. The van der Waals surface area contributed by atoms with Gasteiger partial charge in [-0.25, -0.2) is 4.39 Å². The highest BCUT2D eigenvalue weighted by Crippen LogP contribution is 2.29. The summed E-state index contributed by atoms with van der Waals surface area (Å²) in [5.41, 5.74) is 0.354. The van der Waals surface area contributed by atoms with E-state index in [0.717, 1.165) is 41.8 Å². The minimum absolute atomic E-state index is 0.193. The van der Waals surface area contributed by atoms with Crippen LogP contribution in [0.25, 0.3) is 0 Å². The quantitative estimate of drug-likeness (QED) is 0.284. The Balaban J connectivity index is 1.62. The zero-order chi connectivity index (χ0) is 21.8. The number of hydrogen-bond donors (Lipinski definition) is 0. The van der Waals surface area contributed by atoms with Gasteiger partial charge >= 0.3 is 6.18 Å². The van der Waals surface area contributed by atoms with Gasteiger partial charge in [0, 0.05) is 0 Å². The maximum Gasteiger partial charge on any atom is 0.416 e. The highest BCUT2D eigenvalue weighted by atomic mass is 28.3. The summed E-state index contributed by atoms with van der Waals surface area (Å²) in [6, 6.07) is 20.4. The predicted molar refractivity (Wildman–Crippen MR) is 115 cm³/mol. The fourth-order valence-electron chi connectivity index (χ4n) is 3.39. The summed E-state index contributed by atoms with van der Waals surface area (Å²) in [6.07, 6.45) is -2.69. The molecule has 0 radical (unpaired) electrons. The highest BCUT2D eigenvalue weighted by Gasteiger charge is 2.31. The van der Waals surface area contributed by atoms with Gasteiger partial charge in [0.05, 0.1) is 13.6 Å².